The van der Waals surface area contributed by atoms with Gasteiger partial charge in [0.05, 0.1) is 19.0 Å². The van der Waals surface area contributed by atoms with E-state index >= 15 is 0 Å². The van der Waals surface area contributed by atoms with Gasteiger partial charge in [-0.05, 0) is 24.6 Å². The Bertz CT molecular complexity index is 665. The van der Waals surface area contributed by atoms with Gasteiger partial charge in [0, 0.05) is 6.54 Å². The summed E-state index contributed by atoms with van der Waals surface area (Å²) in [6, 6.07) is 0. The number of nitrogens with two attached hydrogens (primary N) is 1. The summed E-state index contributed by atoms with van der Waals surface area (Å²) in [4.78, 5) is 12.3. The molecule has 0 fully saturated rings. The minimum atomic E-state index is -1.83. The van der Waals surface area contributed by atoms with Crippen LogP contribution in [-0.4, -0.2) is 45.7 Å². The smallest absolute Gasteiger partial charge is 0.192 e. The van der Waals surface area contributed by atoms with Crippen LogP contribution in [-0.2, 0) is 11.0 Å². The van der Waals surface area contributed by atoms with Crippen LogP contribution >= 0.6 is 0 Å². The standard InChI is InChI=1S/C15H27N5O2Si/c1-15(2,3)23(4,5)22-8-11(21)6-7-20-10-19-12-13(16)17-9-18-14(12)20/h9-11,21H,6-8H2,1-5H3,(H2,16,17,18). The van der Waals surface area contributed by atoms with E-state index in [9.17, 15) is 5.11 Å². The first-order valence-corrected chi connectivity index (χ1v) is 10.8. The molecule has 8 heteroatoms. The first-order chi connectivity index (χ1) is 10.6. The molecule has 0 bridgehead atoms. The van der Waals surface area contributed by atoms with Crippen LogP contribution in [0.4, 0.5) is 5.82 Å². The quantitative estimate of drug-likeness (QED) is 0.784. The van der Waals surface area contributed by atoms with E-state index in [0.29, 0.717) is 36.6 Å². The molecule has 0 saturated carbocycles. The Morgan fingerprint density at radius 3 is 2.65 bits per heavy atom. The van der Waals surface area contributed by atoms with E-state index in [4.69, 9.17) is 10.2 Å². The molecule has 2 aromatic heterocycles. The molecule has 0 spiro atoms. The molecule has 0 aliphatic rings. The highest BCUT2D eigenvalue weighted by molar-refractivity contribution is 6.74. The topological polar surface area (TPSA) is 99.1 Å². The number of aliphatic hydroxyl groups excluding tert-OH is 1. The number of rotatable bonds is 6. The number of nitrogen functional groups attached to an aromatic ring is 1. The van der Waals surface area contributed by atoms with Gasteiger partial charge in [-0.1, -0.05) is 20.8 Å². The Labute approximate surface area is 138 Å². The summed E-state index contributed by atoms with van der Waals surface area (Å²) in [5.41, 5.74) is 7.06. The minimum Gasteiger partial charge on any atom is -0.414 e. The molecule has 0 aromatic carbocycles. The van der Waals surface area contributed by atoms with Gasteiger partial charge in [-0.3, -0.25) is 0 Å². The summed E-state index contributed by atoms with van der Waals surface area (Å²) < 4.78 is 7.93. The van der Waals surface area contributed by atoms with Gasteiger partial charge < -0.3 is 19.8 Å². The number of hydrogen-bond acceptors (Lipinski definition) is 6. The van der Waals surface area contributed by atoms with Gasteiger partial charge in [0.15, 0.2) is 19.8 Å². The fraction of sp³-hybridized carbons (Fsp3) is 0.667. The highest BCUT2D eigenvalue weighted by Crippen LogP contribution is 2.36. The molecule has 0 saturated heterocycles. The van der Waals surface area contributed by atoms with Gasteiger partial charge in [-0.15, -0.1) is 0 Å². The molecule has 0 radical (unpaired) electrons. The van der Waals surface area contributed by atoms with Crippen molar-refractivity contribution >= 4 is 25.3 Å². The maximum Gasteiger partial charge on any atom is 0.192 e. The molecule has 0 aliphatic heterocycles. The van der Waals surface area contributed by atoms with Gasteiger partial charge in [-0.2, -0.15) is 0 Å². The third kappa shape index (κ3) is 4.07. The van der Waals surface area contributed by atoms with Crippen molar-refractivity contribution in [3.8, 4) is 0 Å². The molecule has 7 nitrogen and oxygen atoms in total. The second-order valence-corrected chi connectivity index (χ2v) is 12.2. The van der Waals surface area contributed by atoms with E-state index in [-0.39, 0.29) is 5.04 Å². The van der Waals surface area contributed by atoms with Crippen LogP contribution in [0.5, 0.6) is 0 Å². The molecule has 1 atom stereocenters. The molecule has 23 heavy (non-hydrogen) atoms. The van der Waals surface area contributed by atoms with Gasteiger partial charge in [0.2, 0.25) is 0 Å². The number of nitrogens with zero attached hydrogens (tertiary/aromatic N) is 4. The molecule has 2 rings (SSSR count). The zero-order chi connectivity index (χ0) is 17.3. The van der Waals surface area contributed by atoms with Crippen LogP contribution in [0.3, 0.4) is 0 Å². The lowest BCUT2D eigenvalue weighted by Crippen LogP contribution is -2.42. The summed E-state index contributed by atoms with van der Waals surface area (Å²) in [6.07, 6.45) is 3.16. The molecular formula is C15H27N5O2Si. The maximum absolute atomic E-state index is 10.2. The lowest BCUT2D eigenvalue weighted by molar-refractivity contribution is 0.0894. The van der Waals surface area contributed by atoms with Gasteiger partial charge in [0.1, 0.15) is 11.8 Å². The molecule has 1 unspecified atom stereocenters. The van der Waals surface area contributed by atoms with Crippen molar-refractivity contribution in [2.45, 2.75) is 58.0 Å². The summed E-state index contributed by atoms with van der Waals surface area (Å²) in [6.45, 7) is 11.9. The van der Waals surface area contributed by atoms with E-state index in [2.05, 4.69) is 48.8 Å². The molecule has 0 aliphatic carbocycles. The zero-order valence-corrected chi connectivity index (χ0v) is 15.6. The van der Waals surface area contributed by atoms with Crippen molar-refractivity contribution in [1.29, 1.82) is 0 Å². The number of fused-ring (bicyclic) bond motifs is 1. The molecule has 2 aromatic rings. The van der Waals surface area contributed by atoms with Gasteiger partial charge in [0.25, 0.3) is 0 Å². The Morgan fingerprint density at radius 2 is 2.00 bits per heavy atom. The normalized spacial score (nSPS) is 14.3. The largest absolute Gasteiger partial charge is 0.414 e. The van der Waals surface area contributed by atoms with E-state index in [1.807, 2.05) is 4.57 Å². The van der Waals surface area contributed by atoms with Crippen LogP contribution in [0.25, 0.3) is 11.2 Å². The van der Waals surface area contributed by atoms with Crippen molar-refractivity contribution < 1.29 is 9.53 Å². The number of aliphatic hydroxyl groups is 1. The molecular weight excluding hydrogens is 310 g/mol. The zero-order valence-electron chi connectivity index (χ0n) is 14.6. The number of aromatic nitrogens is 4. The number of anilines is 1. The molecule has 128 valence electrons. The van der Waals surface area contributed by atoms with E-state index < -0.39 is 14.4 Å². The van der Waals surface area contributed by atoms with Gasteiger partial charge >= 0.3 is 0 Å². The van der Waals surface area contributed by atoms with E-state index in [1.54, 1.807) is 6.33 Å². The first-order valence-electron chi connectivity index (χ1n) is 7.85. The molecule has 0 amide bonds. The summed E-state index contributed by atoms with van der Waals surface area (Å²) in [5.74, 6) is 0.371. The number of aryl methyl sites for hydroxylation is 1. The predicted octanol–water partition coefficient (Wildman–Crippen LogP) is 2.18. The summed E-state index contributed by atoms with van der Waals surface area (Å²) in [7, 11) is -1.83. The second-order valence-electron chi connectivity index (χ2n) is 7.38. The number of hydrogen-bond donors (Lipinski definition) is 2. The average Bonchev–Trinajstić information content (AvgIpc) is 2.86. The van der Waals surface area contributed by atoms with E-state index in [0.717, 1.165) is 0 Å². The fourth-order valence-corrected chi connectivity index (χ4v) is 3.00. The van der Waals surface area contributed by atoms with E-state index in [1.165, 1.54) is 6.33 Å². The van der Waals surface area contributed by atoms with Crippen molar-refractivity contribution in [1.82, 2.24) is 19.5 Å². The van der Waals surface area contributed by atoms with Crippen LogP contribution in [0.15, 0.2) is 12.7 Å². The maximum atomic E-state index is 10.2. The third-order valence-electron chi connectivity index (χ3n) is 4.58. The van der Waals surface area contributed by atoms with Crippen LogP contribution in [0.1, 0.15) is 27.2 Å². The highest BCUT2D eigenvalue weighted by Gasteiger charge is 2.37. The average molecular weight is 338 g/mol. The van der Waals surface area contributed by atoms with Gasteiger partial charge in [-0.25, -0.2) is 15.0 Å². The summed E-state index contributed by atoms with van der Waals surface area (Å²) in [5, 5.41) is 10.4. The van der Waals surface area contributed by atoms with Crippen LogP contribution < -0.4 is 5.73 Å². The van der Waals surface area contributed by atoms with Crippen LogP contribution in [0.2, 0.25) is 18.1 Å². The van der Waals surface area contributed by atoms with Crippen molar-refractivity contribution in [3.05, 3.63) is 12.7 Å². The Hall–Kier alpha value is -1.51. The number of imidazole rings is 1. The van der Waals surface area contributed by atoms with Crippen molar-refractivity contribution in [2.75, 3.05) is 12.3 Å². The third-order valence-corrected chi connectivity index (χ3v) is 9.08. The van der Waals surface area contributed by atoms with Crippen LogP contribution in [0, 0.1) is 0 Å². The monoisotopic (exact) mass is 337 g/mol. The lowest BCUT2D eigenvalue weighted by atomic mass is 10.2. The Kier molecular flexibility index (Phi) is 5.07. The van der Waals surface area contributed by atoms with Crippen molar-refractivity contribution in [3.63, 3.8) is 0 Å². The summed E-state index contributed by atoms with van der Waals surface area (Å²) >= 11 is 0. The second kappa shape index (κ2) is 6.54. The fourth-order valence-electron chi connectivity index (χ4n) is 1.95. The molecule has 2 heterocycles. The Morgan fingerprint density at radius 1 is 1.30 bits per heavy atom. The highest BCUT2D eigenvalue weighted by atomic mass is 28.4. The minimum absolute atomic E-state index is 0.141. The SMILES string of the molecule is CC(C)(C)[Si](C)(C)OCC(O)CCn1cnc2c(N)ncnc21. The molecule has 3 N–H and O–H groups in total. The lowest BCUT2D eigenvalue weighted by Gasteiger charge is -2.36. The first kappa shape index (κ1) is 17.8. The Balaban J connectivity index is 1.91. The van der Waals surface area contributed by atoms with Crippen molar-refractivity contribution in [2.24, 2.45) is 0 Å². The predicted molar refractivity (Wildman–Crippen MR) is 93.5 cm³/mol.